The summed E-state index contributed by atoms with van der Waals surface area (Å²) in [5, 5.41) is 69.2. The van der Waals surface area contributed by atoms with Crippen LogP contribution in [-0.2, 0) is 110 Å². The Morgan fingerprint density at radius 1 is 0.392 bits per heavy atom. The van der Waals surface area contributed by atoms with Crippen molar-refractivity contribution < 1.29 is 106 Å². The molecule has 0 aliphatic heterocycles. The van der Waals surface area contributed by atoms with Crippen molar-refractivity contribution in [1.82, 2.24) is 105 Å². The number of nitrogens with one attached hydrogen (secondary N) is 18. The maximum Gasteiger partial charge on any atom is 0.303 e. The second kappa shape index (κ2) is 52.7. The summed E-state index contributed by atoms with van der Waals surface area (Å²) in [4.78, 5) is 269. The number of phenols is 1. The number of primary amides is 2. The number of carbonyl (C=O) groups is 19. The van der Waals surface area contributed by atoms with E-state index in [1.165, 1.54) is 83.9 Å². The molecule has 3 aromatic rings. The van der Waals surface area contributed by atoms with Gasteiger partial charge in [-0.3, -0.25) is 91.1 Å². The lowest BCUT2D eigenvalue weighted by molar-refractivity contribution is -0.138. The first-order chi connectivity index (χ1) is 58.5. The molecule has 45 nitrogen and oxygen atoms in total. The summed E-state index contributed by atoms with van der Waals surface area (Å²) in [5.41, 5.74) is 18.3. The number of hydrogen-bond donors (Lipinski definition) is 24. The van der Waals surface area contributed by atoms with Crippen LogP contribution in [0.2, 0.25) is 0 Å². The summed E-state index contributed by atoms with van der Waals surface area (Å²) < 4.78 is 0. The van der Waals surface area contributed by atoms with Crippen LogP contribution in [-0.4, -0.2) is 257 Å². The number of aromatic nitrogens is 4. The van der Waals surface area contributed by atoms with E-state index in [1.54, 1.807) is 69.2 Å². The Kier molecular flexibility index (Phi) is 44.9. The molecule has 17 atom stereocenters. The van der Waals surface area contributed by atoms with Crippen LogP contribution in [0.15, 0.2) is 49.3 Å². The van der Waals surface area contributed by atoms with Crippen molar-refractivity contribution in [2.75, 3.05) is 13.1 Å². The standard InChI is InChI=1S/C80H127N23O22/c1-16-41(10)64(79(124)101-56(26-40(8)9)78(123)103-65(46(15)104)80(125)96-53(66(83)111)23-37(2)3)102-62(108)34-87-68(113)43(12)91-70(115)45(14)93-74(119)58(29-49-32-85-36-89-49)100-77(122)59(30-60(82)106)94-61(107)33-86-67(112)42(11)90-69(114)44(13)92-73(118)57(28-48-31-84-35-88-48)99-76(121)55(25-39(6)7)98-75(120)54(24-38(4)5)97-72(117)52(21-22-63(109)110)95-71(116)51(81)27-47-17-19-50(105)20-18-47/h17-20,31-32,35-46,51-59,64-65,104-105H,16,21-30,33-34,81H2,1-15H3,(H2,82,106)(H2,83,111)(H,84,88)(H,85,89)(H,86,112)(H,87,113)(H,90,114)(H,91,115)(H,92,118)(H,93,119)(H,94,107)(H,95,116)(H,96,125)(H,97,117)(H,98,120)(H,99,121)(H,100,122)(H,101,124)(H,102,108)(H,103,123)(H,109,110)/t41-,42-,43-,44-,45-,46+,51-,52-,53-,54-,55-,56-,57-,58-,59-,64-,65-/m0/s1. The molecule has 45 heteroatoms. The summed E-state index contributed by atoms with van der Waals surface area (Å²) in [6, 6.07) is -15.4. The fourth-order valence-electron chi connectivity index (χ4n) is 12.3. The molecule has 0 radical (unpaired) electrons. The van der Waals surface area contributed by atoms with Crippen LogP contribution in [0.5, 0.6) is 5.75 Å². The largest absolute Gasteiger partial charge is 0.508 e. The molecule has 0 aliphatic rings. The number of H-pyrrole nitrogens is 2. The SMILES string of the molecule is CC[C@H](C)[C@H](NC(=O)CNC(=O)[C@H](C)NC(=O)[C@H](C)NC(=O)[C@H](Cc1cnc[nH]1)NC(=O)[C@H](CC(N)=O)NC(=O)CNC(=O)[C@H](C)NC(=O)[C@H](C)NC(=O)[C@H](Cc1cnc[nH]1)NC(=O)[C@H](CC(C)C)NC(=O)[C@H](CC(C)C)NC(=O)[C@H](CCC(=O)O)NC(=O)[C@@H](N)Cc1ccc(O)cc1)C(=O)N[C@@H](CC(C)C)C(=O)N[C@H](C(=O)N[C@@H](CC(C)C)C(N)=O)[C@@H](C)O. The average molecular weight is 1760 g/mol. The number of nitrogens with two attached hydrogens (primary N) is 3. The van der Waals surface area contributed by atoms with Gasteiger partial charge in [-0.1, -0.05) is 87.8 Å². The van der Waals surface area contributed by atoms with Gasteiger partial charge < -0.3 is 128 Å². The lowest BCUT2D eigenvalue weighted by atomic mass is 9.96. The van der Waals surface area contributed by atoms with Crippen molar-refractivity contribution in [2.24, 2.45) is 46.8 Å². The van der Waals surface area contributed by atoms with Gasteiger partial charge in [-0.15, -0.1) is 0 Å². The summed E-state index contributed by atoms with van der Waals surface area (Å²) in [6.45, 7) is 22.0. The number of aliphatic hydroxyl groups is 1. The number of carboxylic acids is 1. The van der Waals surface area contributed by atoms with Crippen LogP contribution in [0.4, 0.5) is 0 Å². The first-order valence-corrected chi connectivity index (χ1v) is 41.2. The third-order valence-electron chi connectivity index (χ3n) is 19.4. The van der Waals surface area contributed by atoms with Crippen LogP contribution >= 0.6 is 0 Å². The first kappa shape index (κ1) is 106. The molecule has 0 aliphatic carbocycles. The zero-order valence-electron chi connectivity index (χ0n) is 73.2. The van der Waals surface area contributed by atoms with Crippen molar-refractivity contribution in [1.29, 1.82) is 0 Å². The monoisotopic (exact) mass is 1760 g/mol. The first-order valence-electron chi connectivity index (χ1n) is 41.2. The van der Waals surface area contributed by atoms with Gasteiger partial charge in [0.25, 0.3) is 0 Å². The van der Waals surface area contributed by atoms with Crippen LogP contribution < -0.4 is 102 Å². The maximum absolute atomic E-state index is 14.4. The minimum absolute atomic E-state index is 0.00929. The third-order valence-corrected chi connectivity index (χ3v) is 19.4. The quantitative estimate of drug-likeness (QED) is 0.0250. The van der Waals surface area contributed by atoms with E-state index in [9.17, 15) is 106 Å². The Morgan fingerprint density at radius 3 is 1.14 bits per heavy atom. The second-order valence-corrected chi connectivity index (χ2v) is 32.6. The number of carbonyl (C=O) groups excluding carboxylic acids is 18. The molecule has 0 unspecified atom stereocenters. The fraction of sp³-hybridized carbons (Fsp3) is 0.613. The molecule has 125 heavy (non-hydrogen) atoms. The fourth-order valence-corrected chi connectivity index (χ4v) is 12.3. The van der Waals surface area contributed by atoms with E-state index in [0.717, 1.165) is 0 Å². The van der Waals surface area contributed by atoms with Gasteiger partial charge in [-0.25, -0.2) is 9.97 Å². The molecule has 1 aromatic carbocycles. The maximum atomic E-state index is 14.4. The molecule has 0 saturated heterocycles. The van der Waals surface area contributed by atoms with E-state index in [2.05, 4.69) is 105 Å². The lowest BCUT2D eigenvalue weighted by Gasteiger charge is -2.29. The van der Waals surface area contributed by atoms with Gasteiger partial charge in [0.05, 0.1) is 44.3 Å². The number of hydrogen-bond acceptors (Lipinski definition) is 24. The van der Waals surface area contributed by atoms with Crippen molar-refractivity contribution in [3.05, 3.63) is 66.3 Å². The van der Waals surface area contributed by atoms with Crippen molar-refractivity contribution in [2.45, 2.75) is 271 Å². The van der Waals surface area contributed by atoms with Crippen LogP contribution in [0.1, 0.15) is 172 Å². The molecule has 3 rings (SSSR count). The van der Waals surface area contributed by atoms with Gasteiger partial charge in [0.2, 0.25) is 106 Å². The number of aliphatic hydroxyl groups excluding tert-OH is 1. The van der Waals surface area contributed by atoms with Crippen molar-refractivity contribution >= 4 is 112 Å². The Labute approximate surface area is 723 Å². The highest BCUT2D eigenvalue weighted by molar-refractivity contribution is 6.01. The van der Waals surface area contributed by atoms with E-state index in [4.69, 9.17) is 17.2 Å². The average Bonchev–Trinajstić information content (AvgIpc) is 1.19. The van der Waals surface area contributed by atoms with Gasteiger partial charge in [-0.05, 0) is 120 Å². The Hall–Kier alpha value is -12.7. The Morgan fingerprint density at radius 2 is 0.744 bits per heavy atom. The van der Waals surface area contributed by atoms with Crippen LogP contribution in [0, 0.1) is 29.6 Å². The third kappa shape index (κ3) is 39.1. The highest BCUT2D eigenvalue weighted by Gasteiger charge is 2.39. The van der Waals surface area contributed by atoms with E-state index < -0.39 is 247 Å². The molecular formula is C80H127N23O22. The smallest absolute Gasteiger partial charge is 0.303 e. The Bertz CT molecular complexity index is 4160. The topological polar surface area (TPSA) is 713 Å². The molecule has 0 spiro atoms. The number of aromatic amines is 2. The highest BCUT2D eigenvalue weighted by Crippen LogP contribution is 2.17. The number of benzene rings is 1. The van der Waals surface area contributed by atoms with Gasteiger partial charge in [0.1, 0.15) is 90.3 Å². The minimum atomic E-state index is -1.81. The normalized spacial score (nSPS) is 15.3. The summed E-state index contributed by atoms with van der Waals surface area (Å²) in [6.07, 6.45) is 1.83. The molecule has 0 saturated carbocycles. The number of aliphatic carboxylic acids is 1. The number of aromatic hydroxyl groups is 1. The predicted molar refractivity (Wildman–Crippen MR) is 449 cm³/mol. The zero-order chi connectivity index (χ0) is 94.4. The molecule has 0 bridgehead atoms. The number of carboxylic acid groups (broad SMARTS) is 1. The number of amides is 18. The molecule has 27 N–H and O–H groups in total. The van der Waals surface area contributed by atoms with Gasteiger partial charge in [0.15, 0.2) is 0 Å². The lowest BCUT2D eigenvalue weighted by Crippen LogP contribution is -2.61. The van der Waals surface area contributed by atoms with Gasteiger partial charge in [-0.2, -0.15) is 0 Å². The highest BCUT2D eigenvalue weighted by atomic mass is 16.4. The zero-order valence-corrected chi connectivity index (χ0v) is 73.2. The van der Waals surface area contributed by atoms with E-state index in [0.29, 0.717) is 17.7 Å². The van der Waals surface area contributed by atoms with Gasteiger partial charge >= 0.3 is 5.97 Å². The minimum Gasteiger partial charge on any atom is -0.508 e. The summed E-state index contributed by atoms with van der Waals surface area (Å²) in [7, 11) is 0. The van der Waals surface area contributed by atoms with Crippen LogP contribution in [0.25, 0.3) is 0 Å². The predicted octanol–water partition coefficient (Wildman–Crippen LogP) is -5.87. The van der Waals surface area contributed by atoms with Crippen molar-refractivity contribution in [3.8, 4) is 5.75 Å². The molecule has 2 heterocycles. The Balaban J connectivity index is 1.67. The van der Waals surface area contributed by atoms with Crippen molar-refractivity contribution in [3.63, 3.8) is 0 Å². The summed E-state index contributed by atoms with van der Waals surface area (Å²) >= 11 is 0. The number of phenolic OH excluding ortho intramolecular Hbond substituents is 1. The molecule has 2 aromatic heterocycles. The number of imidazole rings is 2. The summed E-state index contributed by atoms with van der Waals surface area (Å²) in [5.74, 6) is -19.5. The van der Waals surface area contributed by atoms with Gasteiger partial charge in [0, 0.05) is 43.0 Å². The molecule has 694 valence electrons. The van der Waals surface area contributed by atoms with E-state index in [1.807, 2.05) is 0 Å². The molecular weight excluding hydrogens is 1640 g/mol. The number of rotatable bonds is 55. The van der Waals surface area contributed by atoms with Crippen LogP contribution in [0.3, 0.4) is 0 Å². The second-order valence-electron chi connectivity index (χ2n) is 32.6. The molecule has 0 fully saturated rings. The van der Waals surface area contributed by atoms with E-state index in [-0.39, 0.29) is 80.1 Å². The van der Waals surface area contributed by atoms with E-state index >= 15 is 0 Å². The number of nitrogens with zero attached hydrogens (tertiary/aromatic N) is 2. The molecule has 18 amide bonds.